The first-order valence-electron chi connectivity index (χ1n) is 17.5. The zero-order valence-corrected chi connectivity index (χ0v) is 28.1. The van der Waals surface area contributed by atoms with E-state index in [0.29, 0.717) is 0 Å². The third kappa shape index (κ3) is 4.35. The van der Waals surface area contributed by atoms with Gasteiger partial charge in [-0.15, -0.1) is 0 Å². The molecule has 0 saturated carbocycles. The minimum Gasteiger partial charge on any atom is -0.228 e. The quantitative estimate of drug-likeness (QED) is 0.192. The predicted octanol–water partition coefficient (Wildman–Crippen LogP) is 12.2. The van der Waals surface area contributed by atoms with E-state index >= 15 is 0 Å². The fraction of sp³-hybridized carbons (Fsp3) is 0.0833. The summed E-state index contributed by atoms with van der Waals surface area (Å²) >= 11 is 0. The van der Waals surface area contributed by atoms with Crippen molar-refractivity contribution in [3.05, 3.63) is 180 Å². The van der Waals surface area contributed by atoms with Crippen LogP contribution in [0.5, 0.6) is 0 Å². The van der Waals surface area contributed by atoms with Crippen LogP contribution in [0.1, 0.15) is 36.1 Å². The molecule has 2 nitrogen and oxygen atoms in total. The van der Waals surface area contributed by atoms with Crippen molar-refractivity contribution in [3.63, 3.8) is 0 Å². The van der Waals surface area contributed by atoms with E-state index in [4.69, 9.17) is 9.97 Å². The van der Waals surface area contributed by atoms with Gasteiger partial charge in [0.1, 0.15) is 0 Å². The molecule has 2 heteroatoms. The summed E-state index contributed by atoms with van der Waals surface area (Å²) in [6.45, 7) is 4.71. The van der Waals surface area contributed by atoms with E-state index in [1.54, 1.807) is 0 Å². The van der Waals surface area contributed by atoms with Gasteiger partial charge in [-0.2, -0.15) is 0 Å². The van der Waals surface area contributed by atoms with Gasteiger partial charge in [-0.05, 0) is 78.9 Å². The first kappa shape index (κ1) is 28.9. The smallest absolute Gasteiger partial charge is 0.160 e. The fourth-order valence-electron chi connectivity index (χ4n) is 8.46. The summed E-state index contributed by atoms with van der Waals surface area (Å²) in [4.78, 5) is 10.5. The van der Waals surface area contributed by atoms with Gasteiger partial charge in [0.15, 0.2) is 5.82 Å². The number of hydrogen-bond donors (Lipinski definition) is 0. The Morgan fingerprint density at radius 3 is 1.82 bits per heavy atom. The number of nitrogens with zero attached hydrogens (tertiary/aromatic N) is 2. The first-order valence-corrected chi connectivity index (χ1v) is 17.5. The van der Waals surface area contributed by atoms with Gasteiger partial charge in [0.2, 0.25) is 0 Å². The third-order valence-electron chi connectivity index (χ3n) is 11.0. The van der Waals surface area contributed by atoms with Crippen molar-refractivity contribution in [2.24, 2.45) is 0 Å². The first-order chi connectivity index (χ1) is 24.5. The van der Waals surface area contributed by atoms with Crippen LogP contribution < -0.4 is 0 Å². The van der Waals surface area contributed by atoms with E-state index in [1.807, 2.05) is 0 Å². The molecule has 0 spiro atoms. The summed E-state index contributed by atoms with van der Waals surface area (Å²) in [5.41, 5.74) is 19.8. The van der Waals surface area contributed by atoms with Crippen LogP contribution in [0.2, 0.25) is 0 Å². The van der Waals surface area contributed by atoms with Gasteiger partial charge in [0.25, 0.3) is 0 Å². The molecular formula is C48H34N2. The highest BCUT2D eigenvalue weighted by Gasteiger charge is 2.35. The van der Waals surface area contributed by atoms with Crippen LogP contribution in [0, 0.1) is 0 Å². The molecule has 10 rings (SSSR count). The van der Waals surface area contributed by atoms with Crippen LogP contribution >= 0.6 is 0 Å². The van der Waals surface area contributed by atoms with Crippen molar-refractivity contribution in [3.8, 4) is 67.2 Å². The molecule has 1 heterocycles. The molecule has 0 saturated heterocycles. The molecule has 0 radical (unpaired) electrons. The van der Waals surface area contributed by atoms with Crippen molar-refractivity contribution in [1.82, 2.24) is 9.97 Å². The molecule has 2 aliphatic carbocycles. The molecule has 0 bridgehead atoms. The Morgan fingerprint density at radius 2 is 1.00 bits per heavy atom. The van der Waals surface area contributed by atoms with E-state index in [-0.39, 0.29) is 5.41 Å². The van der Waals surface area contributed by atoms with Gasteiger partial charge in [0, 0.05) is 28.3 Å². The van der Waals surface area contributed by atoms with Gasteiger partial charge in [-0.25, -0.2) is 9.97 Å². The highest BCUT2D eigenvalue weighted by molar-refractivity contribution is 5.95. The van der Waals surface area contributed by atoms with E-state index in [2.05, 4.69) is 172 Å². The zero-order valence-electron chi connectivity index (χ0n) is 28.1. The highest BCUT2D eigenvalue weighted by Crippen LogP contribution is 2.51. The lowest BCUT2D eigenvalue weighted by Gasteiger charge is -2.22. The van der Waals surface area contributed by atoms with Crippen molar-refractivity contribution >= 4 is 10.9 Å². The van der Waals surface area contributed by atoms with Crippen molar-refractivity contribution in [2.45, 2.75) is 25.7 Å². The van der Waals surface area contributed by atoms with Crippen molar-refractivity contribution in [2.75, 3.05) is 0 Å². The molecule has 0 atom stereocenters. The summed E-state index contributed by atoms with van der Waals surface area (Å²) in [5, 5.41) is 1.06. The molecule has 2 aliphatic rings. The molecule has 0 amide bonds. The van der Waals surface area contributed by atoms with Crippen molar-refractivity contribution < 1.29 is 0 Å². The molecule has 0 aliphatic heterocycles. The molecule has 0 fully saturated rings. The van der Waals surface area contributed by atoms with Crippen molar-refractivity contribution in [1.29, 1.82) is 0 Å². The number of hydrogen-bond acceptors (Lipinski definition) is 2. The summed E-state index contributed by atoms with van der Waals surface area (Å²) < 4.78 is 0. The molecule has 236 valence electrons. The van der Waals surface area contributed by atoms with Crippen LogP contribution in [-0.2, 0) is 11.8 Å². The molecule has 7 aromatic carbocycles. The van der Waals surface area contributed by atoms with Gasteiger partial charge in [-0.3, -0.25) is 0 Å². The van der Waals surface area contributed by atoms with Crippen LogP contribution in [0.25, 0.3) is 78.1 Å². The number of aromatic nitrogens is 2. The van der Waals surface area contributed by atoms with Crippen LogP contribution in [0.3, 0.4) is 0 Å². The van der Waals surface area contributed by atoms with E-state index in [1.165, 1.54) is 66.8 Å². The van der Waals surface area contributed by atoms with E-state index < -0.39 is 0 Å². The monoisotopic (exact) mass is 638 g/mol. The molecular weight excluding hydrogens is 605 g/mol. The number of para-hydroxylation sites is 1. The van der Waals surface area contributed by atoms with Gasteiger partial charge in [-0.1, -0.05) is 159 Å². The summed E-state index contributed by atoms with van der Waals surface area (Å²) in [7, 11) is 0. The Bertz CT molecular complexity index is 2630. The van der Waals surface area contributed by atoms with Gasteiger partial charge < -0.3 is 0 Å². The molecule has 0 unspecified atom stereocenters. The largest absolute Gasteiger partial charge is 0.228 e. The number of benzene rings is 7. The maximum Gasteiger partial charge on any atom is 0.160 e. The maximum atomic E-state index is 5.33. The molecule has 0 N–H and O–H groups in total. The Labute approximate surface area is 292 Å². The Balaban J connectivity index is 1.07. The van der Waals surface area contributed by atoms with E-state index in [0.717, 1.165) is 40.0 Å². The second-order valence-electron chi connectivity index (χ2n) is 14.1. The molecule has 50 heavy (non-hydrogen) atoms. The standard InChI is InChI=1S/C48H34N2/c1-48(2)43-20-8-6-14-37(43)38-27-26-33(28-44(38)48)34-16-10-17-35-36-18-11-19-39(42(36)29-41(34)35)47-49-45-21-9-7-15-40(45)46(50-47)32-24-22-31(23-25-32)30-12-4-3-5-13-30/h3-28H,29H2,1-2H3. The number of fused-ring (bicyclic) bond motifs is 7. The number of rotatable bonds is 4. The highest BCUT2D eigenvalue weighted by atomic mass is 14.9. The molecule has 1 aromatic heterocycles. The minimum atomic E-state index is -0.0387. The predicted molar refractivity (Wildman–Crippen MR) is 207 cm³/mol. The lowest BCUT2D eigenvalue weighted by atomic mass is 9.81. The van der Waals surface area contributed by atoms with Crippen LogP contribution in [-0.4, -0.2) is 9.97 Å². The Kier molecular flexibility index (Phi) is 6.32. The average Bonchev–Trinajstić information content (AvgIpc) is 3.67. The average molecular weight is 639 g/mol. The van der Waals surface area contributed by atoms with E-state index in [9.17, 15) is 0 Å². The fourth-order valence-corrected chi connectivity index (χ4v) is 8.46. The Hall–Kier alpha value is -6.12. The summed E-state index contributed by atoms with van der Waals surface area (Å²) in [6, 6.07) is 57.0. The lowest BCUT2D eigenvalue weighted by molar-refractivity contribution is 0.660. The van der Waals surface area contributed by atoms with Gasteiger partial charge >= 0.3 is 0 Å². The zero-order chi connectivity index (χ0) is 33.4. The minimum absolute atomic E-state index is 0.0387. The third-order valence-corrected chi connectivity index (χ3v) is 11.0. The molecule has 8 aromatic rings. The maximum absolute atomic E-state index is 5.33. The van der Waals surface area contributed by atoms with Gasteiger partial charge in [0.05, 0.1) is 11.2 Å². The summed E-state index contributed by atoms with van der Waals surface area (Å²) in [6.07, 6.45) is 0.842. The Morgan fingerprint density at radius 1 is 0.420 bits per heavy atom. The lowest BCUT2D eigenvalue weighted by Crippen LogP contribution is -2.14. The SMILES string of the molecule is CC1(C)c2ccccc2-c2ccc(-c3cccc4c3Cc3c(-c5nc(-c6ccc(-c7ccccc7)cc6)c6ccccc6n5)cccc3-4)cc21. The summed E-state index contributed by atoms with van der Waals surface area (Å²) in [5.74, 6) is 0.772. The second-order valence-corrected chi connectivity index (χ2v) is 14.1. The topological polar surface area (TPSA) is 25.8 Å². The normalized spacial score (nSPS) is 13.5. The van der Waals surface area contributed by atoms with Crippen LogP contribution in [0.4, 0.5) is 0 Å². The second kappa shape index (κ2) is 10.9. The van der Waals surface area contributed by atoms with Crippen LogP contribution in [0.15, 0.2) is 158 Å².